The molecule has 8 aromatic carbocycles. The number of nitrogens with zero attached hydrogens (tertiary/aromatic N) is 2. The van der Waals surface area contributed by atoms with Gasteiger partial charge in [0.1, 0.15) is 0 Å². The van der Waals surface area contributed by atoms with Gasteiger partial charge in [-0.3, -0.25) is 0 Å². The van der Waals surface area contributed by atoms with E-state index in [4.69, 9.17) is 0 Å². The average molecular weight is 675 g/mol. The van der Waals surface area contributed by atoms with E-state index in [1.165, 1.54) is 65.2 Å². The van der Waals surface area contributed by atoms with Crippen LogP contribution in [0.25, 0.3) is 33.7 Å². The van der Waals surface area contributed by atoms with Crippen LogP contribution in [0.1, 0.15) is 11.1 Å². The molecule has 1 aliphatic rings. The Morgan fingerprint density at radius 2 is 0.686 bits per heavy atom. The van der Waals surface area contributed by atoms with Gasteiger partial charge in [0.25, 0.3) is 0 Å². The number of rotatable bonds is 6. The minimum atomic E-state index is -1.48. The largest absolute Gasteiger partial charge is 0.309 e. The molecule has 246 valence electrons. The Hall–Kier alpha value is -6.03. The second-order valence-electron chi connectivity index (χ2n) is 13.4. The van der Waals surface area contributed by atoms with E-state index in [0.29, 0.717) is 0 Å². The van der Waals surface area contributed by atoms with E-state index in [0.717, 1.165) is 11.4 Å². The van der Waals surface area contributed by atoms with E-state index in [2.05, 4.69) is 216 Å². The Kier molecular flexibility index (Phi) is 7.71. The van der Waals surface area contributed by atoms with Crippen molar-refractivity contribution in [2.75, 3.05) is 22.3 Å². The molecule has 51 heavy (non-hydrogen) atoms. The van der Waals surface area contributed by atoms with Crippen LogP contribution in [0.3, 0.4) is 0 Å². The number of para-hydroxylation sites is 2. The van der Waals surface area contributed by atoms with Gasteiger partial charge in [-0.2, -0.15) is 10.0 Å². The van der Waals surface area contributed by atoms with Crippen molar-refractivity contribution in [2.24, 2.45) is 0 Å². The molecular weight excluding hydrogens is 637 g/mol. The highest BCUT2D eigenvalue weighted by molar-refractivity contribution is 8.32. The summed E-state index contributed by atoms with van der Waals surface area (Å²) in [5, 5.41) is 4.91. The van der Waals surface area contributed by atoms with Crippen LogP contribution in [0, 0.1) is 0 Å². The Labute approximate surface area is 301 Å². The summed E-state index contributed by atoms with van der Waals surface area (Å²) < 4.78 is 0. The first-order valence-corrected chi connectivity index (χ1v) is 19.9. The molecule has 0 radical (unpaired) electrons. The molecule has 0 fully saturated rings. The van der Waals surface area contributed by atoms with Crippen LogP contribution in [-0.4, -0.2) is 12.5 Å². The normalized spacial score (nSPS) is 13.6. The van der Waals surface area contributed by atoms with E-state index in [-0.39, 0.29) is 0 Å². The van der Waals surface area contributed by atoms with Crippen molar-refractivity contribution in [3.63, 3.8) is 0 Å². The minimum absolute atomic E-state index is 1.14. The van der Waals surface area contributed by atoms with Crippen molar-refractivity contribution < 1.29 is 0 Å². The standard InChI is InChI=1S/C48H38N2S/c1-51(2)47-31-15-29-45(49(37-21-5-3-6-22-37)43-27-13-19-35-17-9-11-25-39(35)43)41(47)33-34-42-46(30-16-32-48(42)51)50(38-23-7-4-8-24-38)44-28-14-20-36-18-10-12-26-40(36)44/h3-34H,1-2H3. The lowest BCUT2D eigenvalue weighted by molar-refractivity contribution is 1.24. The first-order chi connectivity index (χ1) is 25.1. The maximum Gasteiger partial charge on any atom is 0.0545 e. The molecule has 9 rings (SSSR count). The van der Waals surface area contributed by atoms with Gasteiger partial charge in [0.2, 0.25) is 0 Å². The van der Waals surface area contributed by atoms with Gasteiger partial charge in [0.15, 0.2) is 0 Å². The molecule has 1 heterocycles. The third kappa shape index (κ3) is 5.29. The van der Waals surface area contributed by atoms with Crippen LogP contribution in [0.15, 0.2) is 192 Å². The number of benzene rings is 8. The molecule has 3 heteroatoms. The van der Waals surface area contributed by atoms with E-state index < -0.39 is 10.0 Å². The molecule has 0 aromatic heterocycles. The number of fused-ring (bicyclic) bond motifs is 4. The second-order valence-corrected chi connectivity index (χ2v) is 16.9. The Balaban J connectivity index is 1.28. The first-order valence-electron chi connectivity index (χ1n) is 17.4. The lowest BCUT2D eigenvalue weighted by atomic mass is 10.0. The summed E-state index contributed by atoms with van der Waals surface area (Å²) in [6.45, 7) is 0. The summed E-state index contributed by atoms with van der Waals surface area (Å²) in [6.07, 6.45) is 9.67. The molecule has 0 saturated heterocycles. The molecular formula is C48H38N2S. The van der Waals surface area contributed by atoms with Crippen LogP contribution < -0.4 is 9.80 Å². The Morgan fingerprint density at radius 3 is 1.14 bits per heavy atom. The van der Waals surface area contributed by atoms with Crippen molar-refractivity contribution in [3.05, 3.63) is 193 Å². The summed E-state index contributed by atoms with van der Waals surface area (Å²) in [4.78, 5) is 7.66. The summed E-state index contributed by atoms with van der Waals surface area (Å²) in [6, 6.07) is 66.0. The Bertz CT molecular complexity index is 2380. The van der Waals surface area contributed by atoms with Crippen LogP contribution in [0.2, 0.25) is 0 Å². The molecule has 0 aliphatic carbocycles. The predicted molar refractivity (Wildman–Crippen MR) is 222 cm³/mol. The SMILES string of the molecule is CS1(C)c2cccc(N(c3ccccc3)c3cccc4ccccc34)c2C=Cc2c(N(c3ccccc3)c3cccc4ccccc34)cccc21. The third-order valence-electron chi connectivity index (χ3n) is 10.1. The van der Waals surface area contributed by atoms with Crippen LogP contribution in [0.4, 0.5) is 34.1 Å². The van der Waals surface area contributed by atoms with Gasteiger partial charge in [-0.05, 0) is 83.9 Å². The topological polar surface area (TPSA) is 6.48 Å². The summed E-state index contributed by atoms with van der Waals surface area (Å²) in [7, 11) is -1.48. The molecule has 0 bridgehead atoms. The fraction of sp³-hybridized carbons (Fsp3) is 0.0417. The smallest absolute Gasteiger partial charge is 0.0545 e. The quantitative estimate of drug-likeness (QED) is 0.173. The van der Waals surface area contributed by atoms with Crippen molar-refractivity contribution in [1.29, 1.82) is 0 Å². The van der Waals surface area contributed by atoms with Gasteiger partial charge in [-0.1, -0.05) is 133 Å². The van der Waals surface area contributed by atoms with Crippen LogP contribution in [0.5, 0.6) is 0 Å². The molecule has 2 nitrogen and oxygen atoms in total. The second kappa shape index (κ2) is 12.7. The van der Waals surface area contributed by atoms with E-state index >= 15 is 0 Å². The lowest BCUT2D eigenvalue weighted by Crippen LogP contribution is -2.14. The average Bonchev–Trinajstić information content (AvgIpc) is 3.30. The predicted octanol–water partition coefficient (Wildman–Crippen LogP) is 13.9. The number of hydrogen-bond donors (Lipinski definition) is 0. The molecule has 0 amide bonds. The molecule has 0 spiro atoms. The lowest BCUT2D eigenvalue weighted by Gasteiger charge is -2.37. The highest BCUT2D eigenvalue weighted by Gasteiger charge is 2.31. The highest BCUT2D eigenvalue weighted by Crippen LogP contribution is 2.63. The third-order valence-corrected chi connectivity index (χ3v) is 13.0. The molecule has 8 aromatic rings. The summed E-state index contributed by atoms with van der Waals surface area (Å²) in [5.74, 6) is 0. The van der Waals surface area contributed by atoms with Crippen molar-refractivity contribution in [2.45, 2.75) is 9.79 Å². The molecule has 1 aliphatic heterocycles. The first kappa shape index (κ1) is 31.0. The fourth-order valence-corrected chi connectivity index (χ4v) is 10.3. The maximum absolute atomic E-state index is 2.46. The van der Waals surface area contributed by atoms with Gasteiger partial charge in [0, 0.05) is 43.1 Å². The van der Waals surface area contributed by atoms with Gasteiger partial charge < -0.3 is 9.80 Å². The van der Waals surface area contributed by atoms with Crippen LogP contribution >= 0.6 is 10.0 Å². The summed E-state index contributed by atoms with van der Waals surface area (Å²) in [5.41, 5.74) is 9.48. The molecule has 0 atom stereocenters. The number of anilines is 6. The molecule has 0 unspecified atom stereocenters. The van der Waals surface area contributed by atoms with E-state index in [9.17, 15) is 0 Å². The van der Waals surface area contributed by atoms with E-state index in [1.54, 1.807) is 0 Å². The number of hydrogen-bond acceptors (Lipinski definition) is 2. The maximum atomic E-state index is 2.46. The molecule has 0 saturated carbocycles. The van der Waals surface area contributed by atoms with Crippen LogP contribution in [-0.2, 0) is 0 Å². The minimum Gasteiger partial charge on any atom is -0.309 e. The van der Waals surface area contributed by atoms with Crippen molar-refractivity contribution >= 4 is 77.8 Å². The van der Waals surface area contributed by atoms with Crippen molar-refractivity contribution in [1.82, 2.24) is 0 Å². The summed E-state index contributed by atoms with van der Waals surface area (Å²) >= 11 is 0. The van der Waals surface area contributed by atoms with Gasteiger partial charge in [-0.25, -0.2) is 0 Å². The van der Waals surface area contributed by atoms with E-state index in [1.807, 2.05) is 0 Å². The van der Waals surface area contributed by atoms with Gasteiger partial charge in [-0.15, -0.1) is 0 Å². The van der Waals surface area contributed by atoms with Crippen molar-refractivity contribution in [3.8, 4) is 0 Å². The van der Waals surface area contributed by atoms with Gasteiger partial charge in [0.05, 0.1) is 22.7 Å². The fourth-order valence-electron chi connectivity index (χ4n) is 7.74. The van der Waals surface area contributed by atoms with Gasteiger partial charge >= 0.3 is 0 Å². The monoisotopic (exact) mass is 674 g/mol. The zero-order valence-electron chi connectivity index (χ0n) is 28.8. The zero-order chi connectivity index (χ0) is 34.4. The zero-order valence-corrected chi connectivity index (χ0v) is 29.6. The highest BCUT2D eigenvalue weighted by atomic mass is 32.3. The molecule has 0 N–H and O–H groups in total. The Morgan fingerprint density at radius 1 is 0.333 bits per heavy atom.